The highest BCUT2D eigenvalue weighted by Crippen LogP contribution is 2.37. The van der Waals surface area contributed by atoms with Crippen LogP contribution in [0.15, 0.2) is 42.9 Å². The average molecular weight is 552 g/mol. The third-order valence-corrected chi connectivity index (χ3v) is 7.91. The van der Waals surface area contributed by atoms with E-state index in [0.717, 1.165) is 66.0 Å². The van der Waals surface area contributed by atoms with E-state index in [-0.39, 0.29) is 19.6 Å². The Morgan fingerprint density at radius 2 is 2.00 bits per heavy atom. The fourth-order valence-corrected chi connectivity index (χ4v) is 5.96. The van der Waals surface area contributed by atoms with Gasteiger partial charge in [-0.2, -0.15) is 5.10 Å². The third-order valence-electron chi connectivity index (χ3n) is 7.60. The van der Waals surface area contributed by atoms with Crippen molar-refractivity contribution < 1.29 is 18.7 Å². The number of nitrogens with zero attached hydrogens (tertiary/aromatic N) is 5. The van der Waals surface area contributed by atoms with Crippen LogP contribution in [-0.2, 0) is 33.7 Å². The summed E-state index contributed by atoms with van der Waals surface area (Å²) in [6, 6.07) is 9.52. The van der Waals surface area contributed by atoms with E-state index in [4.69, 9.17) is 26.2 Å². The number of benzene rings is 2. The summed E-state index contributed by atoms with van der Waals surface area (Å²) in [5.41, 5.74) is 6.14. The predicted octanol–water partition coefficient (Wildman–Crippen LogP) is 5.00. The highest BCUT2D eigenvalue weighted by molar-refractivity contribution is 6.36. The van der Waals surface area contributed by atoms with Gasteiger partial charge >= 0.3 is 5.97 Å². The Morgan fingerprint density at radius 1 is 1.23 bits per heavy atom. The van der Waals surface area contributed by atoms with E-state index in [1.54, 1.807) is 28.7 Å². The molecule has 6 rings (SSSR count). The van der Waals surface area contributed by atoms with Gasteiger partial charge in [0, 0.05) is 42.5 Å². The second-order valence-corrected chi connectivity index (χ2v) is 10.3. The third kappa shape index (κ3) is 4.67. The van der Waals surface area contributed by atoms with Gasteiger partial charge in [-0.1, -0.05) is 30.7 Å². The van der Waals surface area contributed by atoms with Crippen LogP contribution in [0.25, 0.3) is 22.0 Å². The minimum Gasteiger partial charge on any atom is -0.464 e. The highest BCUT2D eigenvalue weighted by atomic mass is 35.5. The number of aromatic nitrogens is 4. The van der Waals surface area contributed by atoms with Crippen LogP contribution in [0.5, 0.6) is 0 Å². The molecule has 1 fully saturated rings. The van der Waals surface area contributed by atoms with Gasteiger partial charge < -0.3 is 18.9 Å². The van der Waals surface area contributed by atoms with Crippen molar-refractivity contribution in [2.75, 3.05) is 37.8 Å². The number of imidazole rings is 1. The van der Waals surface area contributed by atoms with Gasteiger partial charge in [-0.25, -0.2) is 14.2 Å². The zero-order valence-corrected chi connectivity index (χ0v) is 22.8. The molecule has 0 radical (unpaired) electrons. The van der Waals surface area contributed by atoms with Gasteiger partial charge in [-0.05, 0) is 48.2 Å². The summed E-state index contributed by atoms with van der Waals surface area (Å²) in [5.74, 6) is -0.484. The molecule has 1 unspecified atom stereocenters. The van der Waals surface area contributed by atoms with Crippen LogP contribution in [0.4, 0.5) is 10.1 Å². The lowest BCUT2D eigenvalue weighted by Crippen LogP contribution is -2.36. The van der Waals surface area contributed by atoms with E-state index in [1.165, 1.54) is 0 Å². The first-order valence-corrected chi connectivity index (χ1v) is 13.8. The molecule has 204 valence electrons. The summed E-state index contributed by atoms with van der Waals surface area (Å²) in [5, 5.41) is 6.18. The van der Waals surface area contributed by atoms with Crippen LogP contribution >= 0.6 is 11.6 Å². The van der Waals surface area contributed by atoms with Crippen molar-refractivity contribution in [3.05, 3.63) is 64.8 Å². The molecular formula is C29H31ClFN5O3. The molecule has 1 saturated heterocycles. The first-order chi connectivity index (χ1) is 19.0. The largest absolute Gasteiger partial charge is 0.464 e. The van der Waals surface area contributed by atoms with E-state index in [2.05, 4.69) is 41.1 Å². The van der Waals surface area contributed by atoms with E-state index >= 15 is 0 Å². The Balaban J connectivity index is 1.42. The number of hydrogen-bond acceptors (Lipinski definition) is 6. The topological polar surface area (TPSA) is 74.4 Å². The lowest BCUT2D eigenvalue weighted by molar-refractivity contribution is -0.146. The molecule has 10 heteroatoms. The molecule has 2 atom stereocenters. The van der Waals surface area contributed by atoms with Crippen molar-refractivity contribution in [3.63, 3.8) is 0 Å². The van der Waals surface area contributed by atoms with Gasteiger partial charge in [0.05, 0.1) is 48.9 Å². The molecule has 39 heavy (non-hydrogen) atoms. The van der Waals surface area contributed by atoms with Crippen molar-refractivity contribution in [1.82, 2.24) is 19.3 Å². The molecule has 2 aliphatic heterocycles. The lowest BCUT2D eigenvalue weighted by atomic mass is 9.95. The fraction of sp³-hybridized carbons (Fsp3) is 0.414. The maximum absolute atomic E-state index is 14.2. The predicted molar refractivity (Wildman–Crippen MR) is 148 cm³/mol. The normalized spacial score (nSPS) is 17.9. The van der Waals surface area contributed by atoms with Gasteiger partial charge in [0.2, 0.25) is 0 Å². The molecule has 0 N–H and O–H groups in total. The smallest absolute Gasteiger partial charge is 0.337 e. The maximum Gasteiger partial charge on any atom is 0.337 e. The van der Waals surface area contributed by atoms with Gasteiger partial charge in [0.1, 0.15) is 6.17 Å². The summed E-state index contributed by atoms with van der Waals surface area (Å²) >= 11 is 6.83. The van der Waals surface area contributed by atoms with Crippen molar-refractivity contribution in [2.45, 2.75) is 45.4 Å². The number of morpholine rings is 1. The molecule has 0 bridgehead atoms. The molecule has 2 aromatic carbocycles. The van der Waals surface area contributed by atoms with Crippen molar-refractivity contribution >= 4 is 34.2 Å². The number of rotatable bonds is 7. The van der Waals surface area contributed by atoms with E-state index in [9.17, 15) is 9.18 Å². The Labute approximate surface area is 231 Å². The van der Waals surface area contributed by atoms with E-state index in [0.29, 0.717) is 16.4 Å². The van der Waals surface area contributed by atoms with Crippen LogP contribution in [0, 0.1) is 0 Å². The highest BCUT2D eigenvalue weighted by Gasteiger charge is 2.35. The zero-order valence-electron chi connectivity index (χ0n) is 22.1. The van der Waals surface area contributed by atoms with Gasteiger partial charge in [-0.3, -0.25) is 4.68 Å². The van der Waals surface area contributed by atoms with E-state index in [1.807, 2.05) is 6.07 Å². The first kappa shape index (κ1) is 25.8. The minimum absolute atomic E-state index is 0.206. The second kappa shape index (κ2) is 10.6. The summed E-state index contributed by atoms with van der Waals surface area (Å²) in [6.45, 7) is 7.51. The Bertz CT molecular complexity index is 1510. The molecule has 0 saturated carbocycles. The lowest BCUT2D eigenvalue weighted by Gasteiger charge is -2.29. The SMILES string of the molecule is CCOC(=O)C(c1ncn2c1C[C@@H](F)C2)n1cc2c(Cl)cc(-c3ccc(N4CCOCC4)cc3)c(CC)c2n1. The number of esters is 1. The molecule has 0 aliphatic carbocycles. The number of aryl methyl sites for hydroxylation is 1. The second-order valence-electron chi connectivity index (χ2n) is 9.94. The monoisotopic (exact) mass is 551 g/mol. The van der Waals surface area contributed by atoms with Gasteiger partial charge in [0.25, 0.3) is 0 Å². The first-order valence-electron chi connectivity index (χ1n) is 13.5. The molecule has 4 aromatic rings. The van der Waals surface area contributed by atoms with Crippen molar-refractivity contribution in [3.8, 4) is 11.1 Å². The fourth-order valence-electron chi connectivity index (χ4n) is 5.71. The molecule has 8 nitrogen and oxygen atoms in total. The van der Waals surface area contributed by atoms with Crippen LogP contribution in [0.1, 0.15) is 36.8 Å². The number of carbonyl (C=O) groups is 1. The van der Waals surface area contributed by atoms with Gasteiger partial charge in [-0.15, -0.1) is 0 Å². The van der Waals surface area contributed by atoms with E-state index < -0.39 is 18.2 Å². The minimum atomic E-state index is -1.00. The molecule has 0 amide bonds. The number of alkyl halides is 1. The standard InChI is InChI=1S/C29H31ClFN5O3/c1-3-21-22(18-5-7-20(8-6-18)34-9-11-38-12-10-34)14-24(30)23-16-36(33-26(21)23)28(29(37)39-4-2)27-25-13-19(31)15-35(25)17-32-27/h5-8,14,16-17,19,28H,3-4,9-13,15H2,1-2H3/t19-,28?/m1/s1. The van der Waals surface area contributed by atoms with Crippen molar-refractivity contribution in [1.29, 1.82) is 0 Å². The Morgan fingerprint density at radius 3 is 2.72 bits per heavy atom. The van der Waals surface area contributed by atoms with Crippen LogP contribution in [-0.4, -0.2) is 64.4 Å². The summed E-state index contributed by atoms with van der Waals surface area (Å²) in [4.78, 5) is 20.0. The molecular weight excluding hydrogens is 521 g/mol. The van der Waals surface area contributed by atoms with Crippen LogP contribution < -0.4 is 4.90 Å². The zero-order chi connectivity index (χ0) is 27.1. The number of fused-ring (bicyclic) bond motifs is 2. The molecule has 2 aromatic heterocycles. The van der Waals surface area contributed by atoms with Crippen LogP contribution in [0.2, 0.25) is 5.02 Å². The maximum atomic E-state index is 14.2. The quantitative estimate of drug-likeness (QED) is 0.301. The number of ether oxygens (including phenoxy) is 2. The average Bonchev–Trinajstić information content (AvgIpc) is 3.65. The molecule has 2 aliphatic rings. The summed E-state index contributed by atoms with van der Waals surface area (Å²) in [6.07, 6.45) is 3.29. The number of hydrogen-bond donors (Lipinski definition) is 0. The molecule has 0 spiro atoms. The number of halogens is 2. The summed E-state index contributed by atoms with van der Waals surface area (Å²) < 4.78 is 28.4. The Kier molecular flexibility index (Phi) is 7.03. The van der Waals surface area contributed by atoms with Crippen LogP contribution in [0.3, 0.4) is 0 Å². The van der Waals surface area contributed by atoms with Crippen molar-refractivity contribution in [2.24, 2.45) is 0 Å². The van der Waals surface area contributed by atoms with Gasteiger partial charge in [0.15, 0.2) is 6.04 Å². The number of anilines is 1. The Hall–Kier alpha value is -3.43. The number of carbonyl (C=O) groups excluding carboxylic acids is 1. The molecule has 4 heterocycles. The summed E-state index contributed by atoms with van der Waals surface area (Å²) in [7, 11) is 0.